The van der Waals surface area contributed by atoms with Crippen molar-refractivity contribution in [2.75, 3.05) is 0 Å². The molecule has 2 N–H and O–H groups in total. The highest BCUT2D eigenvalue weighted by Crippen LogP contribution is 2.35. The molecule has 5 nitrogen and oxygen atoms in total. The molecule has 0 atom stereocenters. The first-order chi connectivity index (χ1) is 18.9. The third kappa shape index (κ3) is 4.60. The number of aromatic nitrogens is 1. The highest BCUT2D eigenvalue weighted by Gasteiger charge is 2.20. The minimum Gasteiger partial charge on any atom is -0.366 e. The number of sulfone groups is 1. The minimum atomic E-state index is -3.53. The van der Waals surface area contributed by atoms with Crippen LogP contribution in [0, 0.1) is 0 Å². The van der Waals surface area contributed by atoms with Gasteiger partial charge in [-0.05, 0) is 52.6 Å². The Bertz CT molecular complexity index is 1940. The monoisotopic (exact) mass is 530 g/mol. The first kappa shape index (κ1) is 24.6. The van der Waals surface area contributed by atoms with Gasteiger partial charge in [-0.2, -0.15) is 0 Å². The highest BCUT2D eigenvalue weighted by atomic mass is 32.2. The van der Waals surface area contributed by atoms with E-state index in [9.17, 15) is 13.2 Å². The summed E-state index contributed by atoms with van der Waals surface area (Å²) < 4.78 is 28.6. The quantitative estimate of drug-likeness (QED) is 0.253. The molecule has 0 spiro atoms. The normalized spacial score (nSPS) is 11.7. The lowest BCUT2D eigenvalue weighted by Crippen LogP contribution is -2.11. The van der Waals surface area contributed by atoms with Crippen molar-refractivity contribution in [3.05, 3.63) is 138 Å². The molecular formula is C33H26N2O3S. The topological polar surface area (TPSA) is 82.2 Å². The molecule has 0 fully saturated rings. The fourth-order valence-electron chi connectivity index (χ4n) is 5.27. The molecule has 5 aromatic carbocycles. The molecule has 0 aliphatic heterocycles. The summed E-state index contributed by atoms with van der Waals surface area (Å²) in [6.07, 6.45) is 0. The average molecular weight is 531 g/mol. The number of hydrogen-bond acceptors (Lipinski definition) is 3. The van der Waals surface area contributed by atoms with Gasteiger partial charge in [0.15, 0.2) is 9.84 Å². The van der Waals surface area contributed by atoms with E-state index in [2.05, 4.69) is 28.8 Å². The van der Waals surface area contributed by atoms with Crippen molar-refractivity contribution in [2.45, 2.75) is 17.2 Å². The molecule has 0 unspecified atom stereocenters. The Morgan fingerprint density at radius 3 is 2.05 bits per heavy atom. The molecule has 6 heteroatoms. The highest BCUT2D eigenvalue weighted by molar-refractivity contribution is 7.90. The third-order valence-electron chi connectivity index (χ3n) is 7.16. The van der Waals surface area contributed by atoms with Crippen LogP contribution in [0.2, 0.25) is 0 Å². The number of nitrogens with two attached hydrogens (primary N) is 1. The van der Waals surface area contributed by atoms with Crippen LogP contribution < -0.4 is 5.73 Å². The molecule has 0 bridgehead atoms. The Kier molecular flexibility index (Phi) is 6.25. The van der Waals surface area contributed by atoms with Gasteiger partial charge in [0, 0.05) is 22.9 Å². The Morgan fingerprint density at radius 1 is 0.667 bits per heavy atom. The van der Waals surface area contributed by atoms with E-state index >= 15 is 0 Å². The zero-order chi connectivity index (χ0) is 27.0. The Morgan fingerprint density at radius 2 is 1.33 bits per heavy atom. The van der Waals surface area contributed by atoms with E-state index in [4.69, 9.17) is 5.73 Å². The van der Waals surface area contributed by atoms with Gasteiger partial charge in [-0.25, -0.2) is 8.42 Å². The maximum absolute atomic E-state index is 13.2. The van der Waals surface area contributed by atoms with E-state index in [1.54, 1.807) is 36.4 Å². The molecule has 1 heterocycles. The van der Waals surface area contributed by atoms with Crippen LogP contribution in [-0.4, -0.2) is 18.9 Å². The van der Waals surface area contributed by atoms with Crippen LogP contribution in [-0.2, 0) is 22.1 Å². The number of rotatable bonds is 7. The Hall–Kier alpha value is -4.68. The van der Waals surface area contributed by atoms with Crippen LogP contribution in [0.4, 0.5) is 0 Å². The first-order valence-electron chi connectivity index (χ1n) is 12.7. The Balaban J connectivity index is 1.53. The van der Waals surface area contributed by atoms with Gasteiger partial charge in [-0.15, -0.1) is 0 Å². The zero-order valence-corrected chi connectivity index (χ0v) is 21.9. The van der Waals surface area contributed by atoms with Gasteiger partial charge in [-0.3, -0.25) is 4.79 Å². The lowest BCUT2D eigenvalue weighted by atomic mass is 10.0. The van der Waals surface area contributed by atoms with Crippen molar-refractivity contribution in [3.63, 3.8) is 0 Å². The van der Waals surface area contributed by atoms with Gasteiger partial charge >= 0.3 is 0 Å². The van der Waals surface area contributed by atoms with Crippen LogP contribution in [0.15, 0.2) is 126 Å². The van der Waals surface area contributed by atoms with Crippen LogP contribution in [0.25, 0.3) is 32.9 Å². The summed E-state index contributed by atoms with van der Waals surface area (Å²) in [5.74, 6) is -0.590. The molecule has 0 radical (unpaired) electrons. The fourth-order valence-corrected chi connectivity index (χ4v) is 6.70. The predicted octanol–water partition coefficient (Wildman–Crippen LogP) is 6.58. The summed E-state index contributed by atoms with van der Waals surface area (Å²) in [6, 6.07) is 38.0. The van der Waals surface area contributed by atoms with E-state index < -0.39 is 15.7 Å². The number of nitrogens with zero attached hydrogens (tertiary/aromatic N) is 1. The van der Waals surface area contributed by atoms with Crippen LogP contribution in [0.1, 0.15) is 21.5 Å². The summed E-state index contributed by atoms with van der Waals surface area (Å²) in [5, 5.41) is 1.72. The maximum Gasteiger partial charge on any atom is 0.249 e. The average Bonchev–Trinajstić information content (AvgIpc) is 3.27. The predicted molar refractivity (Wildman–Crippen MR) is 156 cm³/mol. The number of benzene rings is 5. The maximum atomic E-state index is 13.2. The van der Waals surface area contributed by atoms with Gasteiger partial charge in [0.2, 0.25) is 5.91 Å². The number of amides is 1. The molecule has 6 rings (SSSR count). The van der Waals surface area contributed by atoms with Crippen molar-refractivity contribution in [2.24, 2.45) is 5.73 Å². The molecular weight excluding hydrogens is 504 g/mol. The molecule has 192 valence electrons. The fraction of sp³-hybridized carbons (Fsp3) is 0.0606. The number of primary amides is 1. The minimum absolute atomic E-state index is 0.105. The number of fused-ring (bicyclic) bond motifs is 3. The second-order valence-corrected chi connectivity index (χ2v) is 11.6. The summed E-state index contributed by atoms with van der Waals surface area (Å²) in [7, 11) is -3.53. The first-order valence-corrected chi connectivity index (χ1v) is 14.3. The molecule has 0 aliphatic carbocycles. The van der Waals surface area contributed by atoms with E-state index in [1.165, 1.54) is 0 Å². The lowest BCUT2D eigenvalue weighted by Gasteiger charge is -2.14. The van der Waals surface area contributed by atoms with E-state index in [0.29, 0.717) is 17.0 Å². The van der Waals surface area contributed by atoms with Crippen molar-refractivity contribution in [1.29, 1.82) is 0 Å². The molecule has 0 saturated heterocycles. The molecule has 0 aliphatic rings. The summed E-state index contributed by atoms with van der Waals surface area (Å²) >= 11 is 0. The van der Waals surface area contributed by atoms with Crippen LogP contribution in [0.3, 0.4) is 0 Å². The molecule has 39 heavy (non-hydrogen) atoms. The molecule has 1 amide bonds. The van der Waals surface area contributed by atoms with Crippen molar-refractivity contribution < 1.29 is 13.2 Å². The molecule has 6 aromatic rings. The Labute approximate surface area is 227 Å². The second kappa shape index (κ2) is 9.89. The smallest absolute Gasteiger partial charge is 0.249 e. The number of carbonyl (C=O) groups is 1. The van der Waals surface area contributed by atoms with E-state index in [1.807, 2.05) is 60.7 Å². The van der Waals surface area contributed by atoms with Crippen LogP contribution in [0.5, 0.6) is 0 Å². The van der Waals surface area contributed by atoms with Crippen molar-refractivity contribution in [1.82, 2.24) is 4.57 Å². The van der Waals surface area contributed by atoms with Gasteiger partial charge in [0.25, 0.3) is 0 Å². The number of carbonyl (C=O) groups excluding carboxylic acids is 1. The largest absolute Gasteiger partial charge is 0.366 e. The van der Waals surface area contributed by atoms with Crippen molar-refractivity contribution >= 4 is 37.6 Å². The summed E-state index contributed by atoms with van der Waals surface area (Å²) in [5.41, 5.74) is 11.8. The summed E-state index contributed by atoms with van der Waals surface area (Å²) in [6.45, 7) is 0.431. The number of hydrogen-bond donors (Lipinski definition) is 1. The van der Waals surface area contributed by atoms with Gasteiger partial charge in [0.1, 0.15) is 0 Å². The van der Waals surface area contributed by atoms with Gasteiger partial charge in [0.05, 0.1) is 21.7 Å². The zero-order valence-electron chi connectivity index (χ0n) is 21.1. The van der Waals surface area contributed by atoms with E-state index in [-0.39, 0.29) is 5.75 Å². The standard InChI is InChI=1S/C33H26N2O3S/c34-33(36)29-16-9-17-30-32(29)28-19-18-24(23-10-3-1-4-11-23)20-31(28)35(30)21-25-12-7-8-13-26(25)22-39(37,38)27-14-5-2-6-15-27/h1-20H,21-22H2,(H2,34,36). The second-order valence-electron chi connectivity index (χ2n) is 9.59. The summed E-state index contributed by atoms with van der Waals surface area (Å²) in [4.78, 5) is 12.7. The third-order valence-corrected chi connectivity index (χ3v) is 8.84. The SMILES string of the molecule is NC(=O)c1cccc2c1c1ccc(-c3ccccc3)cc1n2Cc1ccccc1CS(=O)(=O)c1ccccc1. The van der Waals surface area contributed by atoms with E-state index in [0.717, 1.165) is 44.1 Å². The molecule has 0 saturated carbocycles. The van der Waals surface area contributed by atoms with Gasteiger partial charge < -0.3 is 10.3 Å². The van der Waals surface area contributed by atoms with Gasteiger partial charge in [-0.1, -0.05) is 91.0 Å². The van der Waals surface area contributed by atoms with Crippen LogP contribution >= 0.6 is 0 Å². The molecule has 1 aromatic heterocycles. The lowest BCUT2D eigenvalue weighted by molar-refractivity contribution is 0.100. The van der Waals surface area contributed by atoms with Crippen molar-refractivity contribution in [3.8, 4) is 11.1 Å².